The van der Waals surface area contributed by atoms with Gasteiger partial charge in [0, 0.05) is 6.42 Å². The molecule has 1 unspecified atom stereocenters. The van der Waals surface area contributed by atoms with E-state index < -0.39 is 5.44 Å². The number of unbranched alkanes of at least 4 members (excludes halogenated alkanes) is 4. The summed E-state index contributed by atoms with van der Waals surface area (Å²) in [4.78, 5) is 11.1. The van der Waals surface area contributed by atoms with Crippen LogP contribution in [0.5, 0.6) is 0 Å². The van der Waals surface area contributed by atoms with Crippen LogP contribution in [0.15, 0.2) is 12.7 Å². The molecule has 2 nitrogen and oxygen atoms in total. The van der Waals surface area contributed by atoms with Crippen LogP contribution in [0.1, 0.15) is 45.4 Å². The minimum atomic E-state index is -0.460. The molecule has 0 aromatic carbocycles. The lowest BCUT2D eigenvalue weighted by Crippen LogP contribution is -2.09. The van der Waals surface area contributed by atoms with Gasteiger partial charge in [-0.1, -0.05) is 39.2 Å². The lowest BCUT2D eigenvalue weighted by molar-refractivity contribution is -0.143. The number of thiol groups is 1. The van der Waals surface area contributed by atoms with Crippen molar-refractivity contribution in [3.63, 3.8) is 0 Å². The van der Waals surface area contributed by atoms with Gasteiger partial charge < -0.3 is 4.74 Å². The standard InChI is InChI=1S/C11H20O2S/c1-3-5-6-7-8-9-10(12)13-11(14)4-2/h4,11,14H,2-3,5-9H2,1H3. The van der Waals surface area contributed by atoms with E-state index in [4.69, 9.17) is 4.74 Å². The van der Waals surface area contributed by atoms with Crippen LogP contribution in [0.4, 0.5) is 0 Å². The van der Waals surface area contributed by atoms with Crippen molar-refractivity contribution in [1.82, 2.24) is 0 Å². The summed E-state index contributed by atoms with van der Waals surface area (Å²) in [6, 6.07) is 0. The van der Waals surface area contributed by atoms with Crippen molar-refractivity contribution in [2.75, 3.05) is 0 Å². The van der Waals surface area contributed by atoms with Crippen LogP contribution in [0, 0.1) is 0 Å². The summed E-state index contributed by atoms with van der Waals surface area (Å²) in [6.45, 7) is 5.65. The number of ether oxygens (including phenoxy) is 1. The summed E-state index contributed by atoms with van der Waals surface area (Å²) in [5.74, 6) is -0.179. The molecule has 0 saturated heterocycles. The number of rotatable bonds is 8. The summed E-state index contributed by atoms with van der Waals surface area (Å²) in [7, 11) is 0. The second kappa shape index (κ2) is 9.13. The first-order valence-electron chi connectivity index (χ1n) is 5.20. The highest BCUT2D eigenvalue weighted by atomic mass is 32.1. The van der Waals surface area contributed by atoms with Gasteiger partial charge in [-0.3, -0.25) is 4.79 Å². The van der Waals surface area contributed by atoms with Gasteiger partial charge >= 0.3 is 5.97 Å². The zero-order chi connectivity index (χ0) is 10.8. The fourth-order valence-electron chi connectivity index (χ4n) is 1.11. The van der Waals surface area contributed by atoms with E-state index in [0.29, 0.717) is 6.42 Å². The van der Waals surface area contributed by atoms with Crippen molar-refractivity contribution in [3.05, 3.63) is 12.7 Å². The lowest BCUT2D eigenvalue weighted by Gasteiger charge is -2.07. The van der Waals surface area contributed by atoms with Crippen molar-refractivity contribution in [1.29, 1.82) is 0 Å². The third-order valence-electron chi connectivity index (χ3n) is 1.94. The van der Waals surface area contributed by atoms with Crippen LogP contribution in [0.3, 0.4) is 0 Å². The molecule has 0 bridgehead atoms. The van der Waals surface area contributed by atoms with Gasteiger partial charge in [-0.15, -0.1) is 12.6 Å². The quantitative estimate of drug-likeness (QED) is 0.221. The van der Waals surface area contributed by atoms with Gasteiger partial charge in [0.25, 0.3) is 0 Å². The Balaban J connectivity index is 3.31. The molecule has 1 atom stereocenters. The number of hydrogen-bond acceptors (Lipinski definition) is 3. The van der Waals surface area contributed by atoms with E-state index in [1.807, 2.05) is 0 Å². The molecule has 0 aromatic heterocycles. The van der Waals surface area contributed by atoms with Crippen molar-refractivity contribution in [3.8, 4) is 0 Å². The van der Waals surface area contributed by atoms with Crippen LogP contribution in [-0.4, -0.2) is 11.4 Å². The molecule has 0 aliphatic rings. The number of carbonyl (C=O) groups excluding carboxylic acids is 1. The van der Waals surface area contributed by atoms with Gasteiger partial charge in [-0.2, -0.15) is 0 Å². The van der Waals surface area contributed by atoms with Gasteiger partial charge in [0.15, 0.2) is 5.44 Å². The zero-order valence-corrected chi connectivity index (χ0v) is 9.76. The van der Waals surface area contributed by atoms with Gasteiger partial charge in [-0.25, -0.2) is 0 Å². The molecule has 0 fully saturated rings. The second-order valence-corrected chi connectivity index (χ2v) is 3.79. The van der Waals surface area contributed by atoms with Crippen LogP contribution < -0.4 is 0 Å². The average Bonchev–Trinajstić information content (AvgIpc) is 2.17. The van der Waals surface area contributed by atoms with Gasteiger partial charge in [0.2, 0.25) is 0 Å². The molecule has 0 N–H and O–H groups in total. The predicted molar refractivity (Wildman–Crippen MR) is 62.4 cm³/mol. The van der Waals surface area contributed by atoms with Crippen LogP contribution >= 0.6 is 12.6 Å². The molecule has 0 heterocycles. The maximum Gasteiger partial charge on any atom is 0.307 e. The fraction of sp³-hybridized carbons (Fsp3) is 0.727. The van der Waals surface area contributed by atoms with Crippen molar-refractivity contribution in [2.45, 2.75) is 50.9 Å². The summed E-state index contributed by atoms with van der Waals surface area (Å²) in [5.41, 5.74) is -0.460. The maximum absolute atomic E-state index is 11.1. The summed E-state index contributed by atoms with van der Waals surface area (Å²) >= 11 is 3.99. The SMILES string of the molecule is C=CC(S)OC(=O)CCCCCCC. The Hall–Kier alpha value is -0.440. The van der Waals surface area contributed by atoms with E-state index in [9.17, 15) is 4.79 Å². The minimum Gasteiger partial charge on any atom is -0.447 e. The Morgan fingerprint density at radius 1 is 1.43 bits per heavy atom. The Kier molecular flexibility index (Phi) is 8.84. The molecule has 14 heavy (non-hydrogen) atoms. The smallest absolute Gasteiger partial charge is 0.307 e. The van der Waals surface area contributed by atoms with Crippen LogP contribution in [-0.2, 0) is 9.53 Å². The Morgan fingerprint density at radius 3 is 2.64 bits per heavy atom. The molecule has 0 amide bonds. The number of esters is 1. The van der Waals surface area contributed by atoms with Gasteiger partial charge in [0.1, 0.15) is 0 Å². The lowest BCUT2D eigenvalue weighted by atomic mass is 10.1. The van der Waals surface area contributed by atoms with Gasteiger partial charge in [-0.05, 0) is 12.5 Å². The summed E-state index contributed by atoms with van der Waals surface area (Å²) in [5, 5.41) is 0. The van der Waals surface area contributed by atoms with E-state index in [-0.39, 0.29) is 5.97 Å². The normalized spacial score (nSPS) is 12.1. The summed E-state index contributed by atoms with van der Waals surface area (Å²) in [6.07, 6.45) is 7.68. The van der Waals surface area contributed by atoms with Gasteiger partial charge in [0.05, 0.1) is 0 Å². The van der Waals surface area contributed by atoms with E-state index in [0.717, 1.165) is 12.8 Å². The topological polar surface area (TPSA) is 26.3 Å². The molecular formula is C11H20O2S. The Bertz CT molecular complexity index is 169. The molecule has 0 radical (unpaired) electrons. The molecule has 0 rings (SSSR count). The highest BCUT2D eigenvalue weighted by molar-refractivity contribution is 7.81. The van der Waals surface area contributed by atoms with E-state index in [1.54, 1.807) is 0 Å². The Labute approximate surface area is 92.1 Å². The first kappa shape index (κ1) is 13.6. The highest BCUT2D eigenvalue weighted by Crippen LogP contribution is 2.07. The summed E-state index contributed by atoms with van der Waals surface area (Å²) < 4.78 is 4.91. The molecule has 0 aromatic rings. The zero-order valence-electron chi connectivity index (χ0n) is 8.87. The number of carbonyl (C=O) groups is 1. The number of hydrogen-bond donors (Lipinski definition) is 1. The minimum absolute atomic E-state index is 0.179. The first-order valence-corrected chi connectivity index (χ1v) is 5.72. The fourth-order valence-corrected chi connectivity index (χ4v) is 1.23. The largest absolute Gasteiger partial charge is 0.447 e. The second-order valence-electron chi connectivity index (χ2n) is 3.28. The molecular weight excluding hydrogens is 196 g/mol. The molecule has 0 aliphatic carbocycles. The third-order valence-corrected chi connectivity index (χ3v) is 2.25. The molecule has 0 spiro atoms. The van der Waals surface area contributed by atoms with Crippen LogP contribution in [0.25, 0.3) is 0 Å². The highest BCUT2D eigenvalue weighted by Gasteiger charge is 2.05. The molecule has 82 valence electrons. The van der Waals surface area contributed by atoms with E-state index in [2.05, 4.69) is 26.1 Å². The predicted octanol–water partition coefficient (Wildman–Crippen LogP) is 3.33. The van der Waals surface area contributed by atoms with Crippen LogP contribution in [0.2, 0.25) is 0 Å². The van der Waals surface area contributed by atoms with E-state index >= 15 is 0 Å². The van der Waals surface area contributed by atoms with Crippen molar-refractivity contribution >= 4 is 18.6 Å². The first-order chi connectivity index (χ1) is 6.70. The monoisotopic (exact) mass is 216 g/mol. The third kappa shape index (κ3) is 8.17. The average molecular weight is 216 g/mol. The Morgan fingerprint density at radius 2 is 2.07 bits per heavy atom. The molecule has 3 heteroatoms. The van der Waals surface area contributed by atoms with E-state index in [1.165, 1.54) is 25.3 Å². The molecule has 0 saturated carbocycles. The van der Waals surface area contributed by atoms with Crippen molar-refractivity contribution < 1.29 is 9.53 Å². The molecule has 0 aliphatic heterocycles. The maximum atomic E-state index is 11.1. The van der Waals surface area contributed by atoms with Crippen molar-refractivity contribution in [2.24, 2.45) is 0 Å².